The lowest BCUT2D eigenvalue weighted by atomic mass is 10.1. The maximum atomic E-state index is 11.3. The summed E-state index contributed by atoms with van der Waals surface area (Å²) in [5, 5.41) is 9.66. The number of anilines is 1. The number of hydrogen-bond donors (Lipinski definition) is 1. The number of benzene rings is 2. The summed E-state index contributed by atoms with van der Waals surface area (Å²) >= 11 is 9.95. The molecule has 5 nitrogen and oxygen atoms in total. The average Bonchev–Trinajstić information content (AvgIpc) is 3.09. The van der Waals surface area contributed by atoms with Gasteiger partial charge in [-0.15, -0.1) is 11.6 Å². The molecule has 0 aliphatic carbocycles. The van der Waals surface area contributed by atoms with E-state index in [0.29, 0.717) is 18.9 Å². The monoisotopic (exact) mass is 425 g/mol. The van der Waals surface area contributed by atoms with Crippen LogP contribution in [-0.2, 0) is 21.0 Å². The molecule has 0 bridgehead atoms. The maximum absolute atomic E-state index is 11.3. The fourth-order valence-electron chi connectivity index (χ4n) is 2.26. The number of halogens is 2. The lowest BCUT2D eigenvalue weighted by Gasteiger charge is -2.13. The number of hydrogen-bond acceptors (Lipinski definition) is 4. The summed E-state index contributed by atoms with van der Waals surface area (Å²) in [5.74, 6) is 0.355. The van der Waals surface area contributed by atoms with Crippen LogP contribution in [-0.4, -0.2) is 28.7 Å². The van der Waals surface area contributed by atoms with Crippen molar-refractivity contribution in [3.63, 3.8) is 0 Å². The van der Waals surface area contributed by atoms with Crippen molar-refractivity contribution in [1.82, 2.24) is 0 Å². The number of carbonyl (C=O) groups excluding carboxylic acids is 2. The zero-order valence-electron chi connectivity index (χ0n) is 16.0. The number of alkyl halides is 1. The third-order valence-electron chi connectivity index (χ3n) is 3.56. The van der Waals surface area contributed by atoms with E-state index < -0.39 is 0 Å². The van der Waals surface area contributed by atoms with Crippen LogP contribution in [0.5, 0.6) is 0 Å². The molecule has 1 amide bonds. The highest BCUT2D eigenvalue weighted by molar-refractivity contribution is 6.63. The normalized spacial score (nSPS) is 12.6. The van der Waals surface area contributed by atoms with Gasteiger partial charge in [-0.25, -0.2) is 0 Å². The van der Waals surface area contributed by atoms with Gasteiger partial charge in [0.15, 0.2) is 0 Å². The molecule has 0 saturated carbocycles. The lowest BCUT2D eigenvalue weighted by Crippen LogP contribution is -2.22. The predicted molar refractivity (Wildman–Crippen MR) is 113 cm³/mol. The van der Waals surface area contributed by atoms with Crippen molar-refractivity contribution in [3.8, 4) is 0 Å². The fourth-order valence-corrected chi connectivity index (χ4v) is 2.62. The van der Waals surface area contributed by atoms with Crippen molar-refractivity contribution in [2.24, 2.45) is 0 Å². The van der Waals surface area contributed by atoms with Gasteiger partial charge in [-0.1, -0.05) is 42.0 Å². The Bertz CT molecular complexity index is 768. The van der Waals surface area contributed by atoms with Gasteiger partial charge >= 0.3 is 0 Å². The van der Waals surface area contributed by atoms with Crippen molar-refractivity contribution in [1.29, 1.82) is 0 Å². The highest BCUT2D eigenvalue weighted by atomic mass is 35.5. The molecule has 7 heteroatoms. The minimum absolute atomic E-state index is 0.0330. The summed E-state index contributed by atoms with van der Waals surface area (Å²) in [4.78, 5) is 26.2. The highest BCUT2D eigenvalue weighted by Crippen LogP contribution is 2.20. The van der Waals surface area contributed by atoms with E-state index in [-0.39, 0.29) is 24.2 Å². The number of rotatable bonds is 4. The van der Waals surface area contributed by atoms with Crippen molar-refractivity contribution >= 4 is 40.0 Å². The number of amides is 1. The summed E-state index contributed by atoms with van der Waals surface area (Å²) in [6.07, 6.45) is 0.747. The second-order valence-electron chi connectivity index (χ2n) is 6.05. The van der Waals surface area contributed by atoms with E-state index in [4.69, 9.17) is 33.1 Å². The van der Waals surface area contributed by atoms with Gasteiger partial charge < -0.3 is 5.11 Å². The van der Waals surface area contributed by atoms with Crippen LogP contribution in [0, 0.1) is 13.8 Å². The maximum Gasteiger partial charge on any atom is 0.253 e. The molecule has 1 aliphatic rings. The second kappa shape index (κ2) is 13.3. The van der Waals surface area contributed by atoms with Gasteiger partial charge in [0.1, 0.15) is 0 Å². The molecule has 2 aromatic carbocycles. The fraction of sp³-hybridized carbons (Fsp3) is 0.333. The Labute approximate surface area is 175 Å². The van der Waals surface area contributed by atoms with Crippen LogP contribution in [0.15, 0.2) is 48.5 Å². The highest BCUT2D eigenvalue weighted by Gasteiger charge is 2.22. The Hall–Kier alpha value is -1.92. The van der Waals surface area contributed by atoms with E-state index in [1.807, 2.05) is 62.4 Å². The lowest BCUT2D eigenvalue weighted by molar-refractivity contribution is -0.119. The number of aliphatic hydroxyl groups excluding tert-OH is 1. The first-order chi connectivity index (χ1) is 13.4. The van der Waals surface area contributed by atoms with E-state index in [1.54, 1.807) is 0 Å². The number of nitrogens with zero attached hydrogens (tertiary/aromatic N) is 1. The number of hydroxylamine groups is 1. The first-order valence-electron chi connectivity index (χ1n) is 8.80. The van der Waals surface area contributed by atoms with E-state index >= 15 is 0 Å². The summed E-state index contributed by atoms with van der Waals surface area (Å²) in [7, 11) is 0. The van der Waals surface area contributed by atoms with Crippen LogP contribution in [0.4, 0.5) is 5.69 Å². The van der Waals surface area contributed by atoms with Gasteiger partial charge in [0.05, 0.1) is 25.3 Å². The predicted octanol–water partition coefficient (Wildman–Crippen LogP) is 4.53. The molecule has 1 N–H and O–H groups in total. The molecule has 0 spiro atoms. The number of aliphatic hydroxyl groups is 1. The van der Waals surface area contributed by atoms with Gasteiger partial charge in [-0.05, 0) is 48.7 Å². The molecule has 3 rings (SSSR count). The van der Waals surface area contributed by atoms with Crippen molar-refractivity contribution in [2.75, 3.05) is 17.6 Å². The molecular weight excluding hydrogens is 401 g/mol. The Morgan fingerprint density at radius 3 is 2.18 bits per heavy atom. The summed E-state index contributed by atoms with van der Waals surface area (Å²) in [6.45, 7) is 4.64. The Kier molecular flexibility index (Phi) is 11.4. The zero-order valence-corrected chi connectivity index (χ0v) is 17.5. The summed E-state index contributed by atoms with van der Waals surface area (Å²) < 4.78 is 0. The minimum atomic E-state index is -0.370. The molecule has 28 heavy (non-hydrogen) atoms. The van der Waals surface area contributed by atoms with Crippen LogP contribution >= 0.6 is 23.2 Å². The quantitative estimate of drug-likeness (QED) is 0.576. The zero-order chi connectivity index (χ0) is 20.9. The number of carbonyl (C=O) groups is 2. The Morgan fingerprint density at radius 1 is 1.14 bits per heavy atom. The Morgan fingerprint density at radius 2 is 1.79 bits per heavy atom. The largest absolute Gasteiger partial charge is 0.392 e. The van der Waals surface area contributed by atoms with Crippen LogP contribution in [0.3, 0.4) is 0 Å². The van der Waals surface area contributed by atoms with E-state index in [9.17, 15) is 9.59 Å². The molecule has 0 atom stereocenters. The van der Waals surface area contributed by atoms with E-state index in [0.717, 1.165) is 16.8 Å². The molecular formula is C21H25Cl2NO4. The first-order valence-corrected chi connectivity index (χ1v) is 9.72. The van der Waals surface area contributed by atoms with E-state index in [1.165, 1.54) is 10.6 Å². The molecule has 1 fully saturated rings. The third-order valence-corrected chi connectivity index (χ3v) is 3.93. The third kappa shape index (κ3) is 9.33. The standard InChI is InChI=1S/C10H11NO2.C8H10O.C3H4Cl2O/c1-8-3-2-4-9(7-8)11-10(12)5-6-13-11;1-7-3-2-4-8(5-7)6-9;4-2-1-3(5)6/h2-4,7H,5-6H2,1H3;2-5,9H,6H2,1H3;1-2H2. The molecule has 1 heterocycles. The van der Waals surface area contributed by atoms with Crippen LogP contribution in [0.1, 0.15) is 29.5 Å². The van der Waals surface area contributed by atoms with Crippen molar-refractivity contribution in [2.45, 2.75) is 33.3 Å². The summed E-state index contributed by atoms with van der Waals surface area (Å²) in [6, 6.07) is 15.6. The summed E-state index contributed by atoms with van der Waals surface area (Å²) in [5.41, 5.74) is 4.12. The van der Waals surface area contributed by atoms with Gasteiger partial charge in [0, 0.05) is 12.3 Å². The molecule has 0 aromatic heterocycles. The van der Waals surface area contributed by atoms with Gasteiger partial charge in [0.25, 0.3) is 5.91 Å². The first kappa shape index (κ1) is 24.1. The minimum Gasteiger partial charge on any atom is -0.392 e. The van der Waals surface area contributed by atoms with Crippen molar-refractivity contribution in [3.05, 3.63) is 65.2 Å². The molecule has 1 saturated heterocycles. The number of aryl methyl sites for hydroxylation is 2. The van der Waals surface area contributed by atoms with Gasteiger partial charge in [-0.3, -0.25) is 14.4 Å². The molecule has 0 radical (unpaired) electrons. The topological polar surface area (TPSA) is 66.8 Å². The van der Waals surface area contributed by atoms with Crippen LogP contribution < -0.4 is 5.06 Å². The molecule has 152 valence electrons. The SMILES string of the molecule is Cc1cccc(CO)c1.Cc1cccc(N2OCCC2=O)c1.O=C(Cl)CCCl. The van der Waals surface area contributed by atoms with Gasteiger partial charge in [-0.2, -0.15) is 5.06 Å². The molecule has 0 unspecified atom stereocenters. The Balaban J connectivity index is 0.000000229. The average molecular weight is 426 g/mol. The second-order valence-corrected chi connectivity index (χ2v) is 6.85. The molecule has 1 aliphatic heterocycles. The van der Waals surface area contributed by atoms with Crippen molar-refractivity contribution < 1.29 is 19.5 Å². The smallest absolute Gasteiger partial charge is 0.253 e. The van der Waals surface area contributed by atoms with Crippen LogP contribution in [0.2, 0.25) is 0 Å². The van der Waals surface area contributed by atoms with E-state index in [2.05, 4.69) is 0 Å². The molecule has 2 aromatic rings. The van der Waals surface area contributed by atoms with Gasteiger partial charge in [0.2, 0.25) is 5.24 Å². The van der Waals surface area contributed by atoms with Crippen LogP contribution in [0.25, 0.3) is 0 Å².